The van der Waals surface area contributed by atoms with Crippen LogP contribution in [0.5, 0.6) is 0 Å². The zero-order valence-electron chi connectivity index (χ0n) is 8.95. The molecule has 0 aliphatic rings. The van der Waals surface area contributed by atoms with E-state index in [1.165, 1.54) is 11.3 Å². The Hall–Kier alpha value is -0.910. The van der Waals surface area contributed by atoms with Crippen LogP contribution in [0.15, 0.2) is 16.2 Å². The fraction of sp³-hybridized carbons (Fsp3) is 0.400. The zero-order chi connectivity index (χ0) is 10.7. The number of hydrogen-bond acceptors (Lipinski definition) is 4. The van der Waals surface area contributed by atoms with Crippen molar-refractivity contribution in [2.45, 2.75) is 19.9 Å². The molecular weight excluding hydrogens is 246 g/mol. The predicted octanol–water partition coefficient (Wildman–Crippen LogP) is 1.91. The van der Waals surface area contributed by atoms with Crippen LogP contribution in [0.2, 0.25) is 0 Å². The van der Waals surface area contributed by atoms with E-state index in [9.17, 15) is 4.79 Å². The third kappa shape index (κ3) is 2.81. The van der Waals surface area contributed by atoms with Crippen LogP contribution in [-0.2, 0) is 6.54 Å². The number of aromatic nitrogens is 2. The van der Waals surface area contributed by atoms with Gasteiger partial charge in [-0.05, 0) is 24.4 Å². The zero-order valence-corrected chi connectivity index (χ0v) is 10.6. The molecule has 0 radical (unpaired) electrons. The number of rotatable bonds is 4. The van der Waals surface area contributed by atoms with Crippen molar-refractivity contribution in [1.82, 2.24) is 15.3 Å². The van der Waals surface area contributed by atoms with Crippen LogP contribution in [0.25, 0.3) is 10.2 Å². The first-order valence-electron chi connectivity index (χ1n) is 4.98. The molecule has 0 saturated heterocycles. The average Bonchev–Trinajstić information content (AvgIpc) is 2.66. The third-order valence-electron chi connectivity index (χ3n) is 2.08. The van der Waals surface area contributed by atoms with E-state index >= 15 is 0 Å². The van der Waals surface area contributed by atoms with Crippen LogP contribution in [0.4, 0.5) is 0 Å². The second-order valence-electron chi connectivity index (χ2n) is 3.32. The molecule has 2 rings (SSSR count). The lowest BCUT2D eigenvalue weighted by molar-refractivity contribution is 0.651. The van der Waals surface area contributed by atoms with Crippen LogP contribution >= 0.6 is 23.7 Å². The molecule has 0 aliphatic carbocycles. The minimum absolute atomic E-state index is 0. The smallest absolute Gasteiger partial charge is 0.268 e. The van der Waals surface area contributed by atoms with Crippen molar-refractivity contribution < 1.29 is 0 Å². The summed E-state index contributed by atoms with van der Waals surface area (Å²) in [6.07, 6.45) is 1.07. The summed E-state index contributed by atoms with van der Waals surface area (Å²) < 4.78 is 0.703. The van der Waals surface area contributed by atoms with E-state index in [4.69, 9.17) is 0 Å². The Kier molecular flexibility index (Phi) is 4.92. The lowest BCUT2D eigenvalue weighted by atomic mass is 10.4. The topological polar surface area (TPSA) is 57.8 Å². The standard InChI is InChI=1S/C10H13N3OS.ClH/c1-2-4-11-6-8-12-7-3-5-15-9(7)10(14)13-8;/h3,5,11H,2,4,6H2,1H3,(H,12,13,14);1H. The summed E-state index contributed by atoms with van der Waals surface area (Å²) in [7, 11) is 0. The lowest BCUT2D eigenvalue weighted by Gasteiger charge is -2.01. The maximum absolute atomic E-state index is 11.6. The SMILES string of the molecule is CCCNCc1nc2ccsc2c(=O)[nH]1.Cl. The Morgan fingerprint density at radius 1 is 1.56 bits per heavy atom. The quantitative estimate of drug-likeness (QED) is 0.825. The first-order chi connectivity index (χ1) is 7.31. The van der Waals surface area contributed by atoms with Gasteiger partial charge in [0.25, 0.3) is 5.56 Å². The number of halogens is 1. The Bertz CT molecular complexity index is 508. The summed E-state index contributed by atoms with van der Waals surface area (Å²) in [5, 5.41) is 5.09. The van der Waals surface area contributed by atoms with Gasteiger partial charge in [0.2, 0.25) is 0 Å². The molecule has 0 saturated carbocycles. The van der Waals surface area contributed by atoms with Crippen molar-refractivity contribution >= 4 is 34.0 Å². The molecule has 16 heavy (non-hydrogen) atoms. The number of H-pyrrole nitrogens is 1. The molecule has 0 atom stereocenters. The second-order valence-corrected chi connectivity index (χ2v) is 4.24. The molecule has 6 heteroatoms. The van der Waals surface area contributed by atoms with Gasteiger partial charge in [-0.2, -0.15) is 0 Å². The predicted molar refractivity (Wildman–Crippen MR) is 69.5 cm³/mol. The molecule has 0 aromatic carbocycles. The monoisotopic (exact) mass is 259 g/mol. The minimum atomic E-state index is -0.0386. The van der Waals surface area contributed by atoms with E-state index in [2.05, 4.69) is 22.2 Å². The number of aromatic amines is 1. The van der Waals surface area contributed by atoms with Gasteiger partial charge in [0.15, 0.2) is 0 Å². The van der Waals surface area contributed by atoms with Crippen molar-refractivity contribution in [3.05, 3.63) is 27.6 Å². The molecule has 2 N–H and O–H groups in total. The van der Waals surface area contributed by atoms with Crippen LogP contribution in [0, 0.1) is 0 Å². The van der Waals surface area contributed by atoms with Gasteiger partial charge in [0.1, 0.15) is 10.5 Å². The highest BCUT2D eigenvalue weighted by atomic mass is 35.5. The minimum Gasteiger partial charge on any atom is -0.310 e. The highest BCUT2D eigenvalue weighted by Gasteiger charge is 2.03. The molecule has 0 bridgehead atoms. The summed E-state index contributed by atoms with van der Waals surface area (Å²) in [5.74, 6) is 0.708. The van der Waals surface area contributed by atoms with Gasteiger partial charge in [-0.15, -0.1) is 23.7 Å². The first kappa shape index (κ1) is 13.2. The van der Waals surface area contributed by atoms with Gasteiger partial charge in [0.05, 0.1) is 12.1 Å². The Labute approximate surface area is 104 Å². The van der Waals surface area contributed by atoms with E-state index in [1.807, 2.05) is 11.4 Å². The molecule has 0 amide bonds. The highest BCUT2D eigenvalue weighted by Crippen LogP contribution is 2.13. The summed E-state index contributed by atoms with van der Waals surface area (Å²) in [6, 6.07) is 1.87. The van der Waals surface area contributed by atoms with E-state index in [0.29, 0.717) is 17.1 Å². The number of thiophene rings is 1. The third-order valence-corrected chi connectivity index (χ3v) is 2.99. The fourth-order valence-corrected chi connectivity index (χ4v) is 2.11. The van der Waals surface area contributed by atoms with Crippen LogP contribution in [0.3, 0.4) is 0 Å². The van der Waals surface area contributed by atoms with Gasteiger partial charge in [-0.1, -0.05) is 6.92 Å². The second kappa shape index (κ2) is 5.98. The Morgan fingerprint density at radius 3 is 3.12 bits per heavy atom. The van der Waals surface area contributed by atoms with Crippen molar-refractivity contribution in [3.63, 3.8) is 0 Å². The van der Waals surface area contributed by atoms with Crippen molar-refractivity contribution in [1.29, 1.82) is 0 Å². The summed E-state index contributed by atoms with van der Waals surface area (Å²) in [4.78, 5) is 18.7. The van der Waals surface area contributed by atoms with Crippen molar-refractivity contribution in [3.8, 4) is 0 Å². The number of nitrogens with one attached hydrogen (secondary N) is 2. The van der Waals surface area contributed by atoms with E-state index in [0.717, 1.165) is 18.5 Å². The normalized spacial score (nSPS) is 10.3. The van der Waals surface area contributed by atoms with Gasteiger partial charge < -0.3 is 10.3 Å². The van der Waals surface area contributed by atoms with Gasteiger partial charge in [-0.3, -0.25) is 4.79 Å². The summed E-state index contributed by atoms with van der Waals surface area (Å²) in [6.45, 7) is 3.66. The van der Waals surface area contributed by atoms with Crippen molar-refractivity contribution in [2.75, 3.05) is 6.54 Å². The Morgan fingerprint density at radius 2 is 2.38 bits per heavy atom. The van der Waals surface area contributed by atoms with Crippen LogP contribution in [-0.4, -0.2) is 16.5 Å². The maximum Gasteiger partial charge on any atom is 0.268 e. The molecule has 0 fully saturated rings. The van der Waals surface area contributed by atoms with Gasteiger partial charge in [-0.25, -0.2) is 4.98 Å². The molecule has 0 unspecified atom stereocenters. The van der Waals surface area contributed by atoms with E-state index < -0.39 is 0 Å². The highest BCUT2D eigenvalue weighted by molar-refractivity contribution is 7.17. The lowest BCUT2D eigenvalue weighted by Crippen LogP contribution is -2.19. The number of hydrogen-bond donors (Lipinski definition) is 2. The molecule has 4 nitrogen and oxygen atoms in total. The Balaban J connectivity index is 0.00000128. The van der Waals surface area contributed by atoms with Crippen LogP contribution in [0.1, 0.15) is 19.2 Å². The fourth-order valence-electron chi connectivity index (χ4n) is 1.39. The van der Waals surface area contributed by atoms with Gasteiger partial charge >= 0.3 is 0 Å². The molecule has 2 heterocycles. The molecule has 2 aromatic rings. The molecule has 2 aromatic heterocycles. The molecule has 0 aliphatic heterocycles. The number of fused-ring (bicyclic) bond motifs is 1. The van der Waals surface area contributed by atoms with Crippen molar-refractivity contribution in [2.24, 2.45) is 0 Å². The van der Waals surface area contributed by atoms with Gasteiger partial charge in [0, 0.05) is 0 Å². The molecule has 0 spiro atoms. The summed E-state index contributed by atoms with van der Waals surface area (Å²) >= 11 is 1.42. The summed E-state index contributed by atoms with van der Waals surface area (Å²) in [5.41, 5.74) is 0.750. The van der Waals surface area contributed by atoms with E-state index in [1.54, 1.807) is 0 Å². The van der Waals surface area contributed by atoms with E-state index in [-0.39, 0.29) is 18.0 Å². The largest absolute Gasteiger partial charge is 0.310 e. The first-order valence-corrected chi connectivity index (χ1v) is 5.86. The molecule has 88 valence electrons. The molecular formula is C10H14ClN3OS. The maximum atomic E-state index is 11.6. The average molecular weight is 260 g/mol. The number of nitrogens with zero attached hydrogens (tertiary/aromatic N) is 1. The van der Waals surface area contributed by atoms with Crippen LogP contribution < -0.4 is 10.9 Å².